The Morgan fingerprint density at radius 2 is 1.92 bits per heavy atom. The number of rotatable bonds is 9. The van der Waals surface area contributed by atoms with E-state index in [1.54, 1.807) is 6.21 Å². The maximum atomic E-state index is 14.3. The maximum absolute atomic E-state index is 14.3. The smallest absolute Gasteiger partial charge is 0.245 e. The molecule has 0 amide bonds. The second-order valence-corrected chi connectivity index (χ2v) is 9.73. The van der Waals surface area contributed by atoms with Crippen molar-refractivity contribution in [2.24, 2.45) is 5.10 Å². The summed E-state index contributed by atoms with van der Waals surface area (Å²) >= 11 is 2.23. The summed E-state index contributed by atoms with van der Waals surface area (Å²) in [4.78, 5) is 10.1. The summed E-state index contributed by atoms with van der Waals surface area (Å²) in [7, 11) is 0. The van der Waals surface area contributed by atoms with E-state index in [1.807, 2.05) is 36.1 Å². The third kappa shape index (κ3) is 6.30. The molecule has 0 spiro atoms. The third-order valence-corrected chi connectivity index (χ3v) is 6.74. The molecule has 1 aliphatic heterocycles. The fourth-order valence-electron chi connectivity index (χ4n) is 4.12. The number of anilines is 2. The molecule has 0 aliphatic carbocycles. The Kier molecular flexibility index (Phi) is 8.49. The summed E-state index contributed by atoms with van der Waals surface area (Å²) in [5.74, 6) is 1.29. The summed E-state index contributed by atoms with van der Waals surface area (Å²) in [6, 6.07) is 18.4. The van der Waals surface area contributed by atoms with Gasteiger partial charge in [0.05, 0.1) is 35.8 Å². The first-order valence-electron chi connectivity index (χ1n) is 12.3. The molecule has 1 fully saturated rings. The Labute approximate surface area is 234 Å². The number of benzene rings is 3. The van der Waals surface area contributed by atoms with Gasteiger partial charge in [-0.3, -0.25) is 0 Å². The molecule has 0 bridgehead atoms. The van der Waals surface area contributed by atoms with E-state index in [0.717, 1.165) is 20.9 Å². The molecule has 38 heavy (non-hydrogen) atoms. The first-order chi connectivity index (χ1) is 18.6. The summed E-state index contributed by atoms with van der Waals surface area (Å²) in [5.41, 5.74) is 4.68. The van der Waals surface area contributed by atoms with Gasteiger partial charge in [0.1, 0.15) is 6.61 Å². The standard InChI is InChI=1S/C28H27FIN5O3/c1-2-37-25-15-20(16-32-34-28-31-17-23(29)27(33-28)35-9-11-36-12-10-35)14-24(30)26(25)38-18-19-7-8-21-5-3-4-6-22(21)13-19/h3-8,13-17H,2,9-12,18H2,1H3,(H,31,33,34)/b32-16-. The molecule has 0 radical (unpaired) electrons. The Morgan fingerprint density at radius 1 is 1.11 bits per heavy atom. The van der Waals surface area contributed by atoms with Crippen LogP contribution < -0.4 is 19.8 Å². The van der Waals surface area contributed by atoms with Crippen molar-refractivity contribution >= 4 is 51.3 Å². The predicted molar refractivity (Wildman–Crippen MR) is 155 cm³/mol. The van der Waals surface area contributed by atoms with Crippen LogP contribution in [0.3, 0.4) is 0 Å². The van der Waals surface area contributed by atoms with Crippen molar-refractivity contribution in [3.05, 3.63) is 81.3 Å². The molecule has 0 saturated carbocycles. The monoisotopic (exact) mass is 627 g/mol. The van der Waals surface area contributed by atoms with Crippen LogP contribution in [-0.2, 0) is 11.3 Å². The summed E-state index contributed by atoms with van der Waals surface area (Å²) in [5, 5.41) is 6.63. The van der Waals surface area contributed by atoms with Gasteiger partial charge < -0.3 is 19.1 Å². The fraction of sp³-hybridized carbons (Fsp3) is 0.250. The highest BCUT2D eigenvalue weighted by molar-refractivity contribution is 14.1. The molecule has 10 heteroatoms. The van der Waals surface area contributed by atoms with Gasteiger partial charge in [-0.15, -0.1) is 0 Å². The number of hydrogen-bond donors (Lipinski definition) is 1. The average Bonchev–Trinajstić information content (AvgIpc) is 2.94. The van der Waals surface area contributed by atoms with Gasteiger partial charge in [0.2, 0.25) is 5.95 Å². The molecular weight excluding hydrogens is 600 g/mol. The summed E-state index contributed by atoms with van der Waals surface area (Å²) < 4.78 is 32.6. The zero-order chi connectivity index (χ0) is 26.3. The first-order valence-corrected chi connectivity index (χ1v) is 13.4. The molecule has 1 aliphatic rings. The zero-order valence-electron chi connectivity index (χ0n) is 20.9. The van der Waals surface area contributed by atoms with Crippen molar-refractivity contribution in [2.75, 3.05) is 43.2 Å². The van der Waals surface area contributed by atoms with Crippen LogP contribution in [-0.4, -0.2) is 49.1 Å². The largest absolute Gasteiger partial charge is 0.490 e. The lowest BCUT2D eigenvalue weighted by atomic mass is 10.1. The number of hydrogen-bond acceptors (Lipinski definition) is 8. The van der Waals surface area contributed by atoms with Crippen LogP contribution in [0.1, 0.15) is 18.1 Å². The van der Waals surface area contributed by atoms with Crippen LogP contribution in [0.4, 0.5) is 16.2 Å². The number of ether oxygens (including phenoxy) is 3. The number of nitrogens with zero attached hydrogens (tertiary/aromatic N) is 4. The van der Waals surface area contributed by atoms with Crippen LogP contribution in [0.2, 0.25) is 0 Å². The summed E-state index contributed by atoms with van der Waals surface area (Å²) in [6.45, 7) is 5.06. The van der Waals surface area contributed by atoms with Crippen molar-refractivity contribution in [1.82, 2.24) is 9.97 Å². The average molecular weight is 627 g/mol. The number of fused-ring (bicyclic) bond motifs is 1. The van der Waals surface area contributed by atoms with Gasteiger partial charge in [0.25, 0.3) is 0 Å². The van der Waals surface area contributed by atoms with E-state index in [1.165, 1.54) is 10.8 Å². The van der Waals surface area contributed by atoms with Gasteiger partial charge in [-0.1, -0.05) is 36.4 Å². The molecule has 3 aromatic carbocycles. The normalized spacial score (nSPS) is 13.7. The second-order valence-electron chi connectivity index (χ2n) is 8.57. The lowest BCUT2D eigenvalue weighted by Crippen LogP contribution is -2.37. The van der Waals surface area contributed by atoms with Crippen LogP contribution in [0.5, 0.6) is 11.5 Å². The molecular formula is C28H27FIN5O3. The van der Waals surface area contributed by atoms with E-state index in [4.69, 9.17) is 14.2 Å². The van der Waals surface area contributed by atoms with Gasteiger partial charge in [-0.25, -0.2) is 14.8 Å². The van der Waals surface area contributed by atoms with Crippen molar-refractivity contribution in [2.45, 2.75) is 13.5 Å². The quantitative estimate of drug-likeness (QED) is 0.146. The second kappa shape index (κ2) is 12.4. The molecule has 0 atom stereocenters. The zero-order valence-corrected chi connectivity index (χ0v) is 23.0. The number of nitrogens with one attached hydrogen (secondary N) is 1. The molecule has 8 nitrogen and oxygen atoms in total. The Hall–Kier alpha value is -3.51. The molecule has 5 rings (SSSR count). The van der Waals surface area contributed by atoms with Gasteiger partial charge >= 0.3 is 0 Å². The number of aromatic nitrogens is 2. The van der Waals surface area contributed by atoms with E-state index in [9.17, 15) is 4.39 Å². The number of hydrazone groups is 1. The molecule has 1 aromatic heterocycles. The van der Waals surface area contributed by atoms with E-state index in [0.29, 0.717) is 51.0 Å². The van der Waals surface area contributed by atoms with Crippen molar-refractivity contribution in [1.29, 1.82) is 0 Å². The highest BCUT2D eigenvalue weighted by atomic mass is 127. The molecule has 196 valence electrons. The first kappa shape index (κ1) is 26.1. The minimum atomic E-state index is -0.475. The van der Waals surface area contributed by atoms with Gasteiger partial charge in [-0.2, -0.15) is 10.1 Å². The minimum Gasteiger partial charge on any atom is -0.490 e. The maximum Gasteiger partial charge on any atom is 0.245 e. The SMILES string of the molecule is CCOc1cc(/C=N\Nc2ncc(F)c(N3CCOCC3)n2)cc(I)c1OCc1ccc2ccccc2c1. The Bertz CT molecular complexity index is 1450. The minimum absolute atomic E-state index is 0.208. The molecule has 4 aromatic rings. The molecule has 1 N–H and O–H groups in total. The van der Waals surface area contributed by atoms with Crippen molar-refractivity contribution in [3.8, 4) is 11.5 Å². The van der Waals surface area contributed by atoms with Crippen LogP contribution >= 0.6 is 22.6 Å². The molecule has 0 unspecified atom stereocenters. The van der Waals surface area contributed by atoms with E-state index in [2.05, 4.69) is 73.4 Å². The molecule has 2 heterocycles. The van der Waals surface area contributed by atoms with Crippen molar-refractivity contribution < 1.29 is 18.6 Å². The van der Waals surface area contributed by atoms with Crippen LogP contribution in [0.25, 0.3) is 10.8 Å². The lowest BCUT2D eigenvalue weighted by molar-refractivity contribution is 0.122. The van der Waals surface area contributed by atoms with Gasteiger partial charge in [0, 0.05) is 13.1 Å². The van der Waals surface area contributed by atoms with Crippen LogP contribution in [0, 0.1) is 9.39 Å². The van der Waals surface area contributed by atoms with E-state index < -0.39 is 5.82 Å². The lowest BCUT2D eigenvalue weighted by Gasteiger charge is -2.27. The Morgan fingerprint density at radius 3 is 2.74 bits per heavy atom. The van der Waals surface area contributed by atoms with Gasteiger partial charge in [-0.05, 0) is 69.6 Å². The topological polar surface area (TPSA) is 81.1 Å². The van der Waals surface area contributed by atoms with E-state index >= 15 is 0 Å². The fourth-order valence-corrected chi connectivity index (χ4v) is 4.90. The number of morpholine rings is 1. The molecule has 1 saturated heterocycles. The third-order valence-electron chi connectivity index (χ3n) is 5.94. The predicted octanol–water partition coefficient (Wildman–Crippen LogP) is 5.63. The highest BCUT2D eigenvalue weighted by Crippen LogP contribution is 2.34. The van der Waals surface area contributed by atoms with E-state index in [-0.39, 0.29) is 11.8 Å². The van der Waals surface area contributed by atoms with Crippen molar-refractivity contribution in [3.63, 3.8) is 0 Å². The summed E-state index contributed by atoms with van der Waals surface area (Å²) in [6.07, 6.45) is 2.78. The van der Waals surface area contributed by atoms with Crippen LogP contribution in [0.15, 0.2) is 65.9 Å². The Balaban J connectivity index is 1.29. The highest BCUT2D eigenvalue weighted by Gasteiger charge is 2.18. The van der Waals surface area contributed by atoms with Gasteiger partial charge in [0.15, 0.2) is 23.1 Å². The number of halogens is 2.